The van der Waals surface area contributed by atoms with E-state index in [1.165, 1.54) is 4.31 Å². The fourth-order valence-electron chi connectivity index (χ4n) is 2.42. The van der Waals surface area contributed by atoms with Gasteiger partial charge in [0.15, 0.2) is 0 Å². The number of rotatable bonds is 6. The average Bonchev–Trinajstić information content (AvgIpc) is 2.39. The van der Waals surface area contributed by atoms with Crippen LogP contribution in [0.2, 0.25) is 0 Å². The van der Waals surface area contributed by atoms with Gasteiger partial charge in [0.25, 0.3) is 0 Å². The molecule has 6 heteroatoms. The Morgan fingerprint density at radius 2 is 1.89 bits per heavy atom. The van der Waals surface area contributed by atoms with E-state index in [1.54, 1.807) is 7.05 Å². The second-order valence-corrected chi connectivity index (χ2v) is 7.38. The number of halogens is 1. The lowest BCUT2D eigenvalue weighted by molar-refractivity contribution is 0.212. The van der Waals surface area contributed by atoms with Crippen LogP contribution in [0.5, 0.6) is 0 Å². The van der Waals surface area contributed by atoms with Gasteiger partial charge in [-0.1, -0.05) is 19.3 Å². The molecule has 0 N–H and O–H groups in total. The molecule has 0 spiro atoms. The zero-order valence-corrected chi connectivity index (χ0v) is 12.4. The van der Waals surface area contributed by atoms with E-state index in [0.29, 0.717) is 31.6 Å². The first-order valence-electron chi connectivity index (χ1n) is 6.42. The predicted octanol–water partition coefficient (Wildman–Crippen LogP) is 2.49. The first kappa shape index (κ1) is 15.7. The van der Waals surface area contributed by atoms with Gasteiger partial charge in [-0.05, 0) is 25.7 Å². The maximum absolute atomic E-state index is 12.2. The van der Waals surface area contributed by atoms with Crippen molar-refractivity contribution in [2.45, 2.75) is 50.5 Å². The molecule has 1 aliphatic carbocycles. The van der Waals surface area contributed by atoms with Crippen LogP contribution in [0, 0.1) is 11.3 Å². The minimum absolute atomic E-state index is 0.0830. The smallest absolute Gasteiger partial charge is 0.212 e. The van der Waals surface area contributed by atoms with Gasteiger partial charge >= 0.3 is 0 Å². The molecule has 1 saturated carbocycles. The van der Waals surface area contributed by atoms with Crippen LogP contribution >= 0.6 is 11.6 Å². The van der Waals surface area contributed by atoms with Gasteiger partial charge in [-0.15, -0.1) is 11.6 Å². The van der Waals surface area contributed by atoms with Gasteiger partial charge in [0.2, 0.25) is 10.0 Å². The molecule has 0 atom stereocenters. The van der Waals surface area contributed by atoms with Gasteiger partial charge in [0, 0.05) is 12.9 Å². The highest BCUT2D eigenvalue weighted by Crippen LogP contribution is 2.34. The van der Waals surface area contributed by atoms with Crippen LogP contribution in [0.4, 0.5) is 0 Å². The first-order chi connectivity index (χ1) is 8.48. The van der Waals surface area contributed by atoms with Crippen molar-refractivity contribution in [1.29, 1.82) is 5.26 Å². The van der Waals surface area contributed by atoms with Crippen LogP contribution in [0.25, 0.3) is 0 Å². The molecule has 0 heterocycles. The molecule has 0 bridgehead atoms. The SMILES string of the molecule is CN(C1(C#N)CCCCC1)S(=O)(=O)CCCCCl. The van der Waals surface area contributed by atoms with E-state index >= 15 is 0 Å². The zero-order chi connectivity index (χ0) is 13.6. The molecule has 0 saturated heterocycles. The summed E-state index contributed by atoms with van der Waals surface area (Å²) in [6.45, 7) is 0. The highest BCUT2D eigenvalue weighted by Gasteiger charge is 2.41. The highest BCUT2D eigenvalue weighted by molar-refractivity contribution is 7.89. The standard InChI is InChI=1S/C12H21ClN2O2S/c1-15(18(16,17)10-6-5-9-13)12(11-14)7-3-2-4-8-12/h2-10H2,1H3. The third-order valence-electron chi connectivity index (χ3n) is 3.69. The van der Waals surface area contributed by atoms with Crippen molar-refractivity contribution in [3.63, 3.8) is 0 Å². The Balaban J connectivity index is 2.77. The molecular formula is C12H21ClN2O2S. The van der Waals surface area contributed by atoms with E-state index in [1.807, 2.05) is 0 Å². The summed E-state index contributed by atoms with van der Waals surface area (Å²) < 4.78 is 25.7. The van der Waals surface area contributed by atoms with Crippen molar-refractivity contribution < 1.29 is 8.42 Å². The second-order valence-electron chi connectivity index (χ2n) is 4.88. The summed E-state index contributed by atoms with van der Waals surface area (Å²) in [6.07, 6.45) is 5.48. The van der Waals surface area contributed by atoms with Crippen molar-refractivity contribution in [2.75, 3.05) is 18.7 Å². The van der Waals surface area contributed by atoms with Gasteiger partial charge in [0.05, 0.1) is 11.8 Å². The Morgan fingerprint density at radius 1 is 1.28 bits per heavy atom. The number of nitrogens with zero attached hydrogens (tertiary/aromatic N) is 2. The average molecular weight is 293 g/mol. The quantitative estimate of drug-likeness (QED) is 0.558. The van der Waals surface area contributed by atoms with E-state index in [0.717, 1.165) is 19.3 Å². The van der Waals surface area contributed by atoms with E-state index in [9.17, 15) is 13.7 Å². The Labute approximate surface area is 115 Å². The molecule has 1 fully saturated rings. The Morgan fingerprint density at radius 3 is 2.39 bits per heavy atom. The minimum Gasteiger partial charge on any atom is -0.212 e. The summed E-state index contributed by atoms with van der Waals surface area (Å²) >= 11 is 5.55. The first-order valence-corrected chi connectivity index (χ1v) is 8.57. The monoisotopic (exact) mass is 292 g/mol. The summed E-state index contributed by atoms with van der Waals surface area (Å²) in [5, 5.41) is 9.37. The lowest BCUT2D eigenvalue weighted by atomic mass is 9.83. The third kappa shape index (κ3) is 3.59. The van der Waals surface area contributed by atoms with E-state index < -0.39 is 15.6 Å². The molecule has 1 aliphatic rings. The molecule has 0 radical (unpaired) electrons. The van der Waals surface area contributed by atoms with Crippen LogP contribution in [0.3, 0.4) is 0 Å². The fraction of sp³-hybridized carbons (Fsp3) is 0.917. The summed E-state index contributed by atoms with van der Waals surface area (Å²) in [6, 6.07) is 2.23. The molecule has 0 amide bonds. The normalized spacial score (nSPS) is 19.7. The van der Waals surface area contributed by atoms with Gasteiger partial charge < -0.3 is 0 Å². The minimum atomic E-state index is -3.35. The lowest BCUT2D eigenvalue weighted by Crippen LogP contribution is -2.50. The molecule has 1 rings (SSSR count). The molecule has 18 heavy (non-hydrogen) atoms. The van der Waals surface area contributed by atoms with Crippen LogP contribution in [-0.2, 0) is 10.0 Å². The van der Waals surface area contributed by atoms with Crippen LogP contribution in [0.15, 0.2) is 0 Å². The highest BCUT2D eigenvalue weighted by atomic mass is 35.5. The Kier molecular flexibility index (Phi) is 5.90. The third-order valence-corrected chi connectivity index (χ3v) is 5.95. The second kappa shape index (κ2) is 6.74. The molecule has 0 aliphatic heterocycles. The maximum atomic E-state index is 12.2. The van der Waals surface area contributed by atoms with Crippen molar-refractivity contribution in [2.24, 2.45) is 0 Å². The van der Waals surface area contributed by atoms with E-state index in [-0.39, 0.29) is 5.75 Å². The molecule has 0 unspecified atom stereocenters. The summed E-state index contributed by atoms with van der Waals surface area (Å²) in [5.74, 6) is 0.558. The van der Waals surface area contributed by atoms with E-state index in [4.69, 9.17) is 11.6 Å². The zero-order valence-electron chi connectivity index (χ0n) is 10.9. The summed E-state index contributed by atoms with van der Waals surface area (Å²) in [5.41, 5.74) is -0.821. The summed E-state index contributed by atoms with van der Waals surface area (Å²) in [7, 11) is -1.80. The molecule has 0 aromatic carbocycles. The van der Waals surface area contributed by atoms with Crippen molar-refractivity contribution in [3.8, 4) is 6.07 Å². The Hall–Kier alpha value is -0.310. The number of sulfonamides is 1. The van der Waals surface area contributed by atoms with Crippen LogP contribution in [-0.4, -0.2) is 36.9 Å². The van der Waals surface area contributed by atoms with Crippen molar-refractivity contribution >= 4 is 21.6 Å². The lowest BCUT2D eigenvalue weighted by Gasteiger charge is -2.38. The number of hydrogen-bond donors (Lipinski definition) is 0. The van der Waals surface area contributed by atoms with E-state index in [2.05, 4.69) is 6.07 Å². The van der Waals surface area contributed by atoms with Crippen LogP contribution < -0.4 is 0 Å². The van der Waals surface area contributed by atoms with Gasteiger partial charge in [-0.2, -0.15) is 9.57 Å². The fourth-order valence-corrected chi connectivity index (χ4v) is 4.20. The molecule has 0 aromatic heterocycles. The number of hydrogen-bond acceptors (Lipinski definition) is 3. The molecule has 0 aromatic rings. The molecule has 104 valence electrons. The number of alkyl halides is 1. The van der Waals surface area contributed by atoms with Gasteiger partial charge in [0.1, 0.15) is 5.54 Å². The largest absolute Gasteiger partial charge is 0.215 e. The molecular weight excluding hydrogens is 272 g/mol. The van der Waals surface area contributed by atoms with Gasteiger partial charge in [-0.3, -0.25) is 0 Å². The number of unbranched alkanes of at least 4 members (excludes halogenated alkanes) is 1. The maximum Gasteiger partial charge on any atom is 0.215 e. The Bertz CT molecular complexity index is 397. The topological polar surface area (TPSA) is 61.2 Å². The predicted molar refractivity (Wildman–Crippen MR) is 72.9 cm³/mol. The van der Waals surface area contributed by atoms with Crippen molar-refractivity contribution in [3.05, 3.63) is 0 Å². The molecule has 4 nitrogen and oxygen atoms in total. The summed E-state index contributed by atoms with van der Waals surface area (Å²) in [4.78, 5) is 0. The van der Waals surface area contributed by atoms with Gasteiger partial charge in [-0.25, -0.2) is 8.42 Å². The number of nitriles is 1. The van der Waals surface area contributed by atoms with Crippen LogP contribution in [0.1, 0.15) is 44.9 Å². The van der Waals surface area contributed by atoms with Crippen molar-refractivity contribution in [1.82, 2.24) is 4.31 Å².